The fourth-order valence-corrected chi connectivity index (χ4v) is 2.71. The molecule has 0 bridgehead atoms. The Morgan fingerprint density at radius 1 is 1.30 bits per heavy atom. The Labute approximate surface area is 117 Å². The minimum absolute atomic E-state index is 0.119. The first kappa shape index (κ1) is 15.0. The molecule has 0 saturated carbocycles. The quantitative estimate of drug-likeness (QED) is 0.389. The molecule has 2 rings (SSSR count). The number of carbonyl (C=O) groups is 1. The van der Waals surface area contributed by atoms with Crippen molar-refractivity contribution in [2.75, 3.05) is 13.2 Å². The van der Waals surface area contributed by atoms with Gasteiger partial charge in [-0.1, -0.05) is 12.7 Å². The van der Waals surface area contributed by atoms with Gasteiger partial charge < -0.3 is 20.1 Å². The molecule has 1 aliphatic carbocycles. The number of aliphatic hydroxyl groups is 3. The maximum absolute atomic E-state index is 11.6. The van der Waals surface area contributed by atoms with E-state index < -0.39 is 24.1 Å². The van der Waals surface area contributed by atoms with Crippen LogP contribution >= 0.6 is 0 Å². The molecule has 110 valence electrons. The monoisotopic (exact) mass is 280 g/mol. The highest BCUT2D eigenvalue weighted by atomic mass is 16.6. The highest BCUT2D eigenvalue weighted by Crippen LogP contribution is 2.34. The van der Waals surface area contributed by atoms with Crippen molar-refractivity contribution in [3.8, 4) is 0 Å². The zero-order valence-corrected chi connectivity index (χ0v) is 11.3. The molecule has 1 aliphatic heterocycles. The SMILES string of the molecule is C=C1C(=O)OC2C=C(CO)CCC=C(CO)CC(O)C12. The molecule has 2 aliphatic rings. The molecule has 0 amide bonds. The highest BCUT2D eigenvalue weighted by molar-refractivity contribution is 5.91. The van der Waals surface area contributed by atoms with Crippen LogP contribution in [0.5, 0.6) is 0 Å². The van der Waals surface area contributed by atoms with E-state index in [0.717, 1.165) is 11.1 Å². The van der Waals surface area contributed by atoms with Gasteiger partial charge in [-0.25, -0.2) is 4.79 Å². The zero-order valence-electron chi connectivity index (χ0n) is 11.3. The maximum atomic E-state index is 11.6. The third kappa shape index (κ3) is 3.00. The van der Waals surface area contributed by atoms with E-state index in [0.29, 0.717) is 12.8 Å². The molecule has 3 atom stereocenters. The molecule has 0 radical (unpaired) electrons. The van der Waals surface area contributed by atoms with E-state index in [2.05, 4.69) is 6.58 Å². The van der Waals surface area contributed by atoms with Crippen molar-refractivity contribution < 1.29 is 24.9 Å². The van der Waals surface area contributed by atoms with E-state index in [1.165, 1.54) is 0 Å². The summed E-state index contributed by atoms with van der Waals surface area (Å²) in [7, 11) is 0. The van der Waals surface area contributed by atoms with Gasteiger partial charge in [0.2, 0.25) is 0 Å². The molecule has 5 heteroatoms. The topological polar surface area (TPSA) is 87.0 Å². The second kappa shape index (κ2) is 6.35. The summed E-state index contributed by atoms with van der Waals surface area (Å²) in [6.45, 7) is 3.44. The van der Waals surface area contributed by atoms with Crippen LogP contribution in [0, 0.1) is 5.92 Å². The molecule has 5 nitrogen and oxygen atoms in total. The molecule has 20 heavy (non-hydrogen) atoms. The highest BCUT2D eigenvalue weighted by Gasteiger charge is 2.42. The van der Waals surface area contributed by atoms with E-state index in [4.69, 9.17) is 4.74 Å². The summed E-state index contributed by atoms with van der Waals surface area (Å²) in [4.78, 5) is 11.6. The minimum Gasteiger partial charge on any atom is -0.454 e. The van der Waals surface area contributed by atoms with Crippen LogP contribution in [-0.4, -0.2) is 46.7 Å². The fraction of sp³-hybridized carbons (Fsp3) is 0.533. The first-order valence-corrected chi connectivity index (χ1v) is 6.73. The molecule has 1 heterocycles. The summed E-state index contributed by atoms with van der Waals surface area (Å²) in [5.41, 5.74) is 1.72. The minimum atomic E-state index is -0.841. The molecule has 0 spiro atoms. The Morgan fingerprint density at radius 3 is 2.65 bits per heavy atom. The maximum Gasteiger partial charge on any atom is 0.334 e. The van der Waals surface area contributed by atoms with E-state index in [-0.39, 0.29) is 25.2 Å². The lowest BCUT2D eigenvalue weighted by molar-refractivity contribution is -0.137. The predicted octanol–water partition coefficient (Wildman–Crippen LogP) is 0.466. The fourth-order valence-electron chi connectivity index (χ4n) is 2.71. The van der Waals surface area contributed by atoms with Crippen molar-refractivity contribution >= 4 is 5.97 Å². The number of fused-ring (bicyclic) bond motifs is 1. The van der Waals surface area contributed by atoms with Crippen molar-refractivity contribution in [1.29, 1.82) is 0 Å². The number of hydrogen-bond donors (Lipinski definition) is 3. The average molecular weight is 280 g/mol. The first-order valence-electron chi connectivity index (χ1n) is 6.73. The number of rotatable bonds is 2. The van der Waals surface area contributed by atoms with Crippen molar-refractivity contribution in [3.05, 3.63) is 35.5 Å². The number of esters is 1. The molecule has 0 aromatic rings. The molecule has 0 aromatic heterocycles. The van der Waals surface area contributed by atoms with Crippen molar-refractivity contribution in [1.82, 2.24) is 0 Å². The number of ether oxygens (including phenoxy) is 1. The molecule has 1 saturated heterocycles. The third-order valence-corrected chi connectivity index (χ3v) is 3.85. The lowest BCUT2D eigenvalue weighted by Gasteiger charge is -2.23. The summed E-state index contributed by atoms with van der Waals surface area (Å²) in [6.07, 6.45) is 3.73. The van der Waals surface area contributed by atoms with Crippen LogP contribution in [0.2, 0.25) is 0 Å². The molecule has 0 aromatic carbocycles. The van der Waals surface area contributed by atoms with Crippen LogP contribution in [0.3, 0.4) is 0 Å². The van der Waals surface area contributed by atoms with Crippen LogP contribution in [0.25, 0.3) is 0 Å². The molecule has 1 fully saturated rings. The van der Waals surface area contributed by atoms with E-state index in [9.17, 15) is 20.1 Å². The van der Waals surface area contributed by atoms with Gasteiger partial charge in [0, 0.05) is 5.57 Å². The van der Waals surface area contributed by atoms with Crippen LogP contribution in [0.4, 0.5) is 0 Å². The van der Waals surface area contributed by atoms with Gasteiger partial charge in [0.25, 0.3) is 0 Å². The predicted molar refractivity (Wildman–Crippen MR) is 72.7 cm³/mol. The van der Waals surface area contributed by atoms with Gasteiger partial charge in [-0.05, 0) is 36.5 Å². The van der Waals surface area contributed by atoms with E-state index >= 15 is 0 Å². The second-order valence-corrected chi connectivity index (χ2v) is 5.23. The van der Waals surface area contributed by atoms with Gasteiger partial charge >= 0.3 is 5.97 Å². The summed E-state index contributed by atoms with van der Waals surface area (Å²) >= 11 is 0. The van der Waals surface area contributed by atoms with Gasteiger partial charge in [-0.3, -0.25) is 0 Å². The van der Waals surface area contributed by atoms with Crippen LogP contribution < -0.4 is 0 Å². The Bertz CT molecular complexity index is 463. The van der Waals surface area contributed by atoms with Crippen LogP contribution in [0.1, 0.15) is 19.3 Å². The normalized spacial score (nSPS) is 31.2. The van der Waals surface area contributed by atoms with Gasteiger partial charge in [0.15, 0.2) is 0 Å². The Kier molecular flexibility index (Phi) is 4.75. The summed E-state index contributed by atoms with van der Waals surface area (Å²) < 4.78 is 5.21. The molecule has 3 N–H and O–H groups in total. The van der Waals surface area contributed by atoms with Crippen molar-refractivity contribution in [2.24, 2.45) is 5.92 Å². The standard InChI is InChI=1S/C15H20O5/c1-9-14-12(18)5-10(7-16)3-2-4-11(8-17)6-13(14)20-15(9)19/h3,6,12-14,16-18H,1-2,4-5,7-8H2. The lowest BCUT2D eigenvalue weighted by atomic mass is 9.85. The Morgan fingerprint density at radius 2 is 2.00 bits per heavy atom. The molecular formula is C15H20O5. The van der Waals surface area contributed by atoms with Crippen molar-refractivity contribution in [2.45, 2.75) is 31.5 Å². The van der Waals surface area contributed by atoms with Gasteiger partial charge in [-0.2, -0.15) is 0 Å². The van der Waals surface area contributed by atoms with Gasteiger partial charge in [-0.15, -0.1) is 0 Å². The molecule has 3 unspecified atom stereocenters. The van der Waals surface area contributed by atoms with E-state index in [1.54, 1.807) is 6.08 Å². The number of aliphatic hydroxyl groups excluding tert-OH is 3. The first-order chi connectivity index (χ1) is 9.56. The Balaban J connectivity index is 2.34. The van der Waals surface area contributed by atoms with Gasteiger partial charge in [0.1, 0.15) is 6.10 Å². The Hall–Kier alpha value is -1.43. The van der Waals surface area contributed by atoms with Crippen LogP contribution in [-0.2, 0) is 9.53 Å². The third-order valence-electron chi connectivity index (χ3n) is 3.85. The van der Waals surface area contributed by atoms with Crippen molar-refractivity contribution in [3.63, 3.8) is 0 Å². The number of hydrogen-bond acceptors (Lipinski definition) is 5. The lowest BCUT2D eigenvalue weighted by Crippen LogP contribution is -2.29. The second-order valence-electron chi connectivity index (χ2n) is 5.23. The van der Waals surface area contributed by atoms with E-state index in [1.807, 2.05) is 6.08 Å². The average Bonchev–Trinajstić information content (AvgIpc) is 2.71. The smallest absolute Gasteiger partial charge is 0.334 e. The summed E-state index contributed by atoms with van der Waals surface area (Å²) in [5, 5.41) is 29.0. The number of allylic oxidation sites excluding steroid dienone is 1. The van der Waals surface area contributed by atoms with Crippen LogP contribution in [0.15, 0.2) is 35.5 Å². The van der Waals surface area contributed by atoms with Gasteiger partial charge in [0.05, 0.1) is 25.2 Å². The number of carbonyl (C=O) groups excluding carboxylic acids is 1. The summed E-state index contributed by atoms with van der Waals surface area (Å²) in [5.74, 6) is -1.04. The largest absolute Gasteiger partial charge is 0.454 e. The zero-order chi connectivity index (χ0) is 14.7. The molecular weight excluding hydrogens is 260 g/mol. The summed E-state index contributed by atoms with van der Waals surface area (Å²) in [6, 6.07) is 0.